The van der Waals surface area contributed by atoms with Crippen LogP contribution in [0.1, 0.15) is 56.1 Å². The lowest BCUT2D eigenvalue weighted by atomic mass is 9.67. The van der Waals surface area contributed by atoms with E-state index in [9.17, 15) is 4.79 Å². The first-order valence-corrected chi connectivity index (χ1v) is 9.85. The van der Waals surface area contributed by atoms with Crippen LogP contribution in [0.4, 0.5) is 0 Å². The van der Waals surface area contributed by atoms with Crippen LogP contribution in [-0.2, 0) is 6.42 Å². The molecular weight excluding hydrogens is 324 g/mol. The number of nitrogens with one attached hydrogen (secondary N) is 1. The molecule has 0 spiro atoms. The lowest BCUT2D eigenvalue weighted by Crippen LogP contribution is -2.56. The summed E-state index contributed by atoms with van der Waals surface area (Å²) in [5.74, 6) is 1.76. The minimum atomic E-state index is 0.198. The molecule has 2 heterocycles. The molecule has 1 aromatic heterocycles. The second-order valence-electron chi connectivity index (χ2n) is 9.43. The van der Waals surface area contributed by atoms with Gasteiger partial charge in [-0.2, -0.15) is 0 Å². The average Bonchev–Trinajstić information content (AvgIpc) is 3.23. The molecule has 5 rings (SSSR count). The smallest absolute Gasteiger partial charge is 0.256 e. The first-order valence-electron chi connectivity index (χ1n) is 9.85. The van der Waals surface area contributed by atoms with Crippen molar-refractivity contribution >= 4 is 16.8 Å². The first kappa shape index (κ1) is 16.2. The lowest BCUT2D eigenvalue weighted by molar-refractivity contribution is 0.00491. The monoisotopic (exact) mass is 352 g/mol. The highest BCUT2D eigenvalue weighted by Gasteiger charge is 2.62. The van der Waals surface area contributed by atoms with Gasteiger partial charge in [0.1, 0.15) is 5.75 Å². The van der Waals surface area contributed by atoms with Crippen molar-refractivity contribution in [3.05, 3.63) is 29.5 Å². The molecule has 4 nitrogen and oxygen atoms in total. The second kappa shape index (κ2) is 5.05. The summed E-state index contributed by atoms with van der Waals surface area (Å²) in [5, 5.41) is 1.00. The van der Waals surface area contributed by atoms with Crippen molar-refractivity contribution in [1.29, 1.82) is 0 Å². The van der Waals surface area contributed by atoms with Gasteiger partial charge in [-0.25, -0.2) is 0 Å². The number of ether oxygens (including phenoxy) is 1. The number of carbonyl (C=O) groups is 1. The molecular formula is C22H28N2O2. The van der Waals surface area contributed by atoms with Crippen LogP contribution in [0.3, 0.4) is 0 Å². The third-order valence-electron chi connectivity index (χ3n) is 7.68. The number of aromatic nitrogens is 1. The van der Waals surface area contributed by atoms with Gasteiger partial charge in [0, 0.05) is 30.1 Å². The number of methoxy groups -OCH3 is 1. The summed E-state index contributed by atoms with van der Waals surface area (Å²) in [6, 6.07) is 6.31. The molecule has 2 aliphatic carbocycles. The molecule has 1 aliphatic heterocycles. The zero-order valence-electron chi connectivity index (χ0n) is 16.2. The molecule has 3 aliphatic rings. The van der Waals surface area contributed by atoms with Crippen LogP contribution in [0.2, 0.25) is 0 Å². The Morgan fingerprint density at radius 2 is 2.08 bits per heavy atom. The first-order chi connectivity index (χ1) is 12.4. The molecule has 2 saturated carbocycles. The van der Waals surface area contributed by atoms with E-state index in [2.05, 4.69) is 30.7 Å². The van der Waals surface area contributed by atoms with E-state index in [-0.39, 0.29) is 16.7 Å². The van der Waals surface area contributed by atoms with E-state index in [0.717, 1.165) is 46.8 Å². The second-order valence-corrected chi connectivity index (χ2v) is 9.43. The van der Waals surface area contributed by atoms with Gasteiger partial charge in [-0.1, -0.05) is 32.9 Å². The van der Waals surface area contributed by atoms with Gasteiger partial charge in [-0.3, -0.25) is 4.79 Å². The Bertz CT molecular complexity index is 907. The maximum Gasteiger partial charge on any atom is 0.256 e. The summed E-state index contributed by atoms with van der Waals surface area (Å²) in [6.07, 6.45) is 4.73. The summed E-state index contributed by atoms with van der Waals surface area (Å²) in [6.45, 7) is 7.99. The Balaban J connectivity index is 1.61. The van der Waals surface area contributed by atoms with Crippen molar-refractivity contribution in [2.75, 3.05) is 13.7 Å². The topological polar surface area (TPSA) is 45.3 Å². The number of nitrogens with zero attached hydrogens (tertiary/aromatic N) is 1. The SMILES string of the molecule is COc1cccc2c3c([nH]c12)CCN(C1C(C)(C)[C@H]2CC[C@@]1(C)C2)C3=O. The predicted molar refractivity (Wildman–Crippen MR) is 103 cm³/mol. The van der Waals surface area contributed by atoms with Gasteiger partial charge in [0.05, 0.1) is 18.2 Å². The quantitative estimate of drug-likeness (QED) is 0.871. The van der Waals surface area contributed by atoms with Gasteiger partial charge in [-0.05, 0) is 42.1 Å². The number of carbonyl (C=O) groups excluding carboxylic acids is 1. The summed E-state index contributed by atoms with van der Waals surface area (Å²) < 4.78 is 5.50. The van der Waals surface area contributed by atoms with E-state index < -0.39 is 0 Å². The molecule has 1 unspecified atom stereocenters. The molecule has 2 fully saturated rings. The molecule has 0 saturated heterocycles. The molecule has 26 heavy (non-hydrogen) atoms. The summed E-state index contributed by atoms with van der Waals surface area (Å²) in [4.78, 5) is 19.3. The molecule has 3 atom stereocenters. The number of rotatable bonds is 2. The molecule has 2 bridgehead atoms. The van der Waals surface area contributed by atoms with Crippen molar-refractivity contribution in [1.82, 2.24) is 9.88 Å². The number of para-hydroxylation sites is 1. The molecule has 2 aromatic rings. The highest BCUT2D eigenvalue weighted by molar-refractivity contribution is 6.10. The zero-order valence-corrected chi connectivity index (χ0v) is 16.2. The zero-order chi connectivity index (χ0) is 18.3. The number of benzene rings is 1. The molecule has 1 aromatic carbocycles. The molecule has 4 heteroatoms. The van der Waals surface area contributed by atoms with E-state index in [0.29, 0.717) is 6.04 Å². The van der Waals surface area contributed by atoms with Gasteiger partial charge in [0.2, 0.25) is 0 Å². The number of aromatic amines is 1. The Labute approximate surface area is 154 Å². The lowest BCUT2D eigenvalue weighted by Gasteiger charge is -2.49. The minimum absolute atomic E-state index is 0.198. The number of hydrogen-bond acceptors (Lipinski definition) is 2. The Hall–Kier alpha value is -1.97. The minimum Gasteiger partial charge on any atom is -0.495 e. The van der Waals surface area contributed by atoms with E-state index >= 15 is 0 Å². The van der Waals surface area contributed by atoms with Gasteiger partial charge in [-0.15, -0.1) is 0 Å². The Kier molecular flexibility index (Phi) is 3.15. The number of H-pyrrole nitrogens is 1. The largest absolute Gasteiger partial charge is 0.495 e. The Morgan fingerprint density at radius 3 is 2.77 bits per heavy atom. The van der Waals surface area contributed by atoms with Crippen LogP contribution in [0, 0.1) is 16.7 Å². The van der Waals surface area contributed by atoms with Crippen LogP contribution in [0.15, 0.2) is 18.2 Å². The number of hydrogen-bond donors (Lipinski definition) is 1. The van der Waals surface area contributed by atoms with Crippen LogP contribution >= 0.6 is 0 Å². The average molecular weight is 352 g/mol. The van der Waals surface area contributed by atoms with Crippen LogP contribution in [-0.4, -0.2) is 35.5 Å². The van der Waals surface area contributed by atoms with Crippen molar-refractivity contribution in [3.8, 4) is 5.75 Å². The standard InChI is InChI=1S/C22H28N2O2/c1-21(2)13-8-10-22(3,12-13)20(21)24-11-9-15-17(19(24)25)14-6-5-7-16(26-4)18(14)23-15/h5-7,13,20,23H,8-12H2,1-4H3/t13-,20?,22-/m0/s1. The van der Waals surface area contributed by atoms with Crippen molar-refractivity contribution in [2.24, 2.45) is 16.7 Å². The van der Waals surface area contributed by atoms with E-state index in [4.69, 9.17) is 4.74 Å². The summed E-state index contributed by atoms with van der Waals surface area (Å²) in [7, 11) is 1.68. The van der Waals surface area contributed by atoms with Crippen molar-refractivity contribution in [3.63, 3.8) is 0 Å². The fraction of sp³-hybridized carbons (Fsp3) is 0.591. The molecule has 138 valence electrons. The molecule has 1 N–H and O–H groups in total. The maximum absolute atomic E-state index is 13.6. The normalized spacial score (nSPS) is 32.3. The highest BCUT2D eigenvalue weighted by atomic mass is 16.5. The number of amides is 1. The van der Waals surface area contributed by atoms with Crippen molar-refractivity contribution in [2.45, 2.75) is 52.5 Å². The third-order valence-corrected chi connectivity index (χ3v) is 7.68. The highest BCUT2D eigenvalue weighted by Crippen LogP contribution is 2.64. The van der Waals surface area contributed by atoms with Crippen molar-refractivity contribution < 1.29 is 9.53 Å². The molecule has 0 radical (unpaired) electrons. The van der Waals surface area contributed by atoms with E-state index in [1.54, 1.807) is 7.11 Å². The third kappa shape index (κ3) is 1.88. The van der Waals surface area contributed by atoms with Gasteiger partial charge in [0.25, 0.3) is 5.91 Å². The maximum atomic E-state index is 13.6. The van der Waals surface area contributed by atoms with Crippen LogP contribution in [0.5, 0.6) is 5.75 Å². The van der Waals surface area contributed by atoms with E-state index in [1.165, 1.54) is 19.3 Å². The van der Waals surface area contributed by atoms with Gasteiger partial charge < -0.3 is 14.6 Å². The van der Waals surface area contributed by atoms with Gasteiger partial charge in [0.15, 0.2) is 0 Å². The summed E-state index contributed by atoms with van der Waals surface area (Å²) >= 11 is 0. The van der Waals surface area contributed by atoms with E-state index in [1.807, 2.05) is 18.2 Å². The summed E-state index contributed by atoms with van der Waals surface area (Å²) in [5.41, 5.74) is 3.35. The fourth-order valence-electron chi connectivity index (χ4n) is 6.62. The van der Waals surface area contributed by atoms with Crippen LogP contribution < -0.4 is 4.74 Å². The Morgan fingerprint density at radius 1 is 1.27 bits per heavy atom. The predicted octanol–water partition coefficient (Wildman–Crippen LogP) is 4.39. The number of fused-ring (bicyclic) bond motifs is 5. The molecule has 1 amide bonds. The fourth-order valence-corrected chi connectivity index (χ4v) is 6.62. The van der Waals surface area contributed by atoms with Crippen LogP contribution in [0.25, 0.3) is 10.9 Å². The van der Waals surface area contributed by atoms with Gasteiger partial charge >= 0.3 is 0 Å².